The maximum Gasteiger partial charge on any atom is 0.313 e. The highest BCUT2D eigenvalue weighted by Gasteiger charge is 2.29. The Bertz CT molecular complexity index is 796. The Hall–Kier alpha value is -1.82. The molecule has 1 aromatic carbocycles. The highest BCUT2D eigenvalue weighted by atomic mass is 32.2. The lowest BCUT2D eigenvalue weighted by Crippen LogP contribution is -2.12. The quantitative estimate of drug-likeness (QED) is 0.842. The highest BCUT2D eigenvalue weighted by molar-refractivity contribution is 7.99. The van der Waals surface area contributed by atoms with E-state index in [2.05, 4.69) is 22.3 Å². The fourth-order valence-electron chi connectivity index (χ4n) is 3.70. The largest absolute Gasteiger partial charge is 0.481 e. The monoisotopic (exact) mass is 343 g/mol. The fourth-order valence-corrected chi connectivity index (χ4v) is 4.41. The van der Waals surface area contributed by atoms with Crippen LogP contribution in [0.1, 0.15) is 54.1 Å². The van der Waals surface area contributed by atoms with E-state index in [1.165, 1.54) is 48.6 Å². The van der Waals surface area contributed by atoms with E-state index in [0.29, 0.717) is 5.16 Å². The molecule has 0 radical (unpaired) electrons. The van der Waals surface area contributed by atoms with Gasteiger partial charge in [0.2, 0.25) is 0 Å². The van der Waals surface area contributed by atoms with Gasteiger partial charge in [-0.1, -0.05) is 17.8 Å². The first kappa shape index (κ1) is 15.7. The van der Waals surface area contributed by atoms with E-state index in [1.807, 2.05) is 11.5 Å². The van der Waals surface area contributed by atoms with Crippen LogP contribution < -0.4 is 0 Å². The predicted octanol–water partition coefficient (Wildman–Crippen LogP) is 3.51. The van der Waals surface area contributed by atoms with Crippen molar-refractivity contribution in [1.82, 2.24) is 14.8 Å². The van der Waals surface area contributed by atoms with Crippen LogP contribution in [0.5, 0.6) is 0 Å². The van der Waals surface area contributed by atoms with Crippen LogP contribution in [-0.2, 0) is 17.6 Å². The van der Waals surface area contributed by atoms with Crippen LogP contribution >= 0.6 is 11.8 Å². The molecule has 1 aromatic heterocycles. The molecule has 1 fully saturated rings. The smallest absolute Gasteiger partial charge is 0.313 e. The molecule has 126 valence electrons. The summed E-state index contributed by atoms with van der Waals surface area (Å²) in [6.07, 6.45) is 7.36. The SMILES string of the molecule is Cc1nnc(SCC(=O)O)n1-c1ccc(C2CC2)c2c1CCCC2. The van der Waals surface area contributed by atoms with Crippen LogP contribution in [-0.4, -0.2) is 31.6 Å². The Balaban J connectivity index is 1.79. The molecule has 0 amide bonds. The lowest BCUT2D eigenvalue weighted by atomic mass is 9.85. The number of carboxylic acid groups (broad SMARTS) is 1. The minimum absolute atomic E-state index is 0.000478. The summed E-state index contributed by atoms with van der Waals surface area (Å²) in [4.78, 5) is 10.9. The van der Waals surface area contributed by atoms with Gasteiger partial charge in [-0.15, -0.1) is 10.2 Å². The molecule has 4 rings (SSSR count). The molecule has 6 heteroatoms. The number of nitrogens with zero attached hydrogens (tertiary/aromatic N) is 3. The number of carbonyl (C=O) groups is 1. The van der Waals surface area contributed by atoms with Crippen molar-refractivity contribution in [3.05, 3.63) is 34.6 Å². The first-order chi connectivity index (χ1) is 11.6. The standard InChI is InChI=1S/C18H21N3O2S/c1-11-19-20-18(24-10-17(22)23)21(11)16-9-8-13(12-6-7-12)14-4-2-3-5-15(14)16/h8-9,12H,2-7,10H2,1H3,(H,22,23). The van der Waals surface area contributed by atoms with Crippen molar-refractivity contribution in [2.45, 2.75) is 56.5 Å². The van der Waals surface area contributed by atoms with Crippen LogP contribution in [0, 0.1) is 6.92 Å². The number of thioether (sulfide) groups is 1. The van der Waals surface area contributed by atoms with Gasteiger partial charge in [-0.05, 0) is 74.1 Å². The van der Waals surface area contributed by atoms with Gasteiger partial charge < -0.3 is 5.11 Å². The second kappa shape index (κ2) is 6.24. The van der Waals surface area contributed by atoms with E-state index in [9.17, 15) is 4.79 Å². The summed E-state index contributed by atoms with van der Waals surface area (Å²) >= 11 is 1.23. The number of hydrogen-bond acceptors (Lipinski definition) is 4. The van der Waals surface area contributed by atoms with Gasteiger partial charge in [-0.25, -0.2) is 0 Å². The minimum atomic E-state index is -0.835. The van der Waals surface area contributed by atoms with Gasteiger partial charge in [0, 0.05) is 0 Å². The van der Waals surface area contributed by atoms with Crippen LogP contribution in [0.4, 0.5) is 0 Å². The molecule has 0 saturated heterocycles. The molecule has 0 bridgehead atoms. The van der Waals surface area contributed by atoms with Gasteiger partial charge in [0.25, 0.3) is 0 Å². The molecule has 0 atom stereocenters. The van der Waals surface area contributed by atoms with Crippen LogP contribution in [0.25, 0.3) is 5.69 Å². The van der Waals surface area contributed by atoms with E-state index in [0.717, 1.165) is 30.3 Å². The Morgan fingerprint density at radius 1 is 1.25 bits per heavy atom. The van der Waals surface area contributed by atoms with Gasteiger partial charge in [0.15, 0.2) is 5.16 Å². The fraction of sp³-hybridized carbons (Fsp3) is 0.500. The number of aryl methyl sites for hydroxylation is 1. The Kier molecular flexibility index (Phi) is 4.08. The molecule has 5 nitrogen and oxygen atoms in total. The molecule has 24 heavy (non-hydrogen) atoms. The lowest BCUT2D eigenvalue weighted by Gasteiger charge is -2.24. The van der Waals surface area contributed by atoms with Crippen LogP contribution in [0.2, 0.25) is 0 Å². The van der Waals surface area contributed by atoms with Gasteiger partial charge in [-0.2, -0.15) is 0 Å². The molecule has 2 aliphatic rings. The molecule has 1 N–H and O–H groups in total. The van der Waals surface area contributed by atoms with Gasteiger partial charge in [0.1, 0.15) is 5.82 Å². The van der Waals surface area contributed by atoms with E-state index < -0.39 is 5.97 Å². The molecular formula is C18H21N3O2S. The topological polar surface area (TPSA) is 68.0 Å². The second-order valence-corrected chi connectivity index (χ2v) is 7.60. The van der Waals surface area contributed by atoms with E-state index in [1.54, 1.807) is 5.56 Å². The van der Waals surface area contributed by atoms with Gasteiger partial charge in [-0.3, -0.25) is 9.36 Å². The number of fused-ring (bicyclic) bond motifs is 1. The van der Waals surface area contributed by atoms with Gasteiger partial charge in [0.05, 0.1) is 11.4 Å². The normalized spacial score (nSPS) is 16.9. The van der Waals surface area contributed by atoms with E-state index in [4.69, 9.17) is 5.11 Å². The Labute approximate surface area is 145 Å². The first-order valence-electron chi connectivity index (χ1n) is 8.57. The van der Waals surface area contributed by atoms with Crippen molar-refractivity contribution in [3.63, 3.8) is 0 Å². The number of aliphatic carboxylic acids is 1. The number of rotatable bonds is 5. The molecule has 0 aliphatic heterocycles. The zero-order chi connectivity index (χ0) is 16.7. The predicted molar refractivity (Wildman–Crippen MR) is 93.1 cm³/mol. The molecule has 1 heterocycles. The lowest BCUT2D eigenvalue weighted by molar-refractivity contribution is -0.133. The second-order valence-electron chi connectivity index (χ2n) is 6.66. The Morgan fingerprint density at radius 2 is 2.00 bits per heavy atom. The third-order valence-electron chi connectivity index (χ3n) is 4.92. The summed E-state index contributed by atoms with van der Waals surface area (Å²) in [5.74, 6) is 0.738. The van der Waals surface area contributed by atoms with Crippen molar-refractivity contribution >= 4 is 17.7 Å². The van der Waals surface area contributed by atoms with Crippen molar-refractivity contribution in [3.8, 4) is 5.69 Å². The van der Waals surface area contributed by atoms with Crippen LogP contribution in [0.15, 0.2) is 17.3 Å². The van der Waals surface area contributed by atoms with Crippen LogP contribution in [0.3, 0.4) is 0 Å². The zero-order valence-corrected chi connectivity index (χ0v) is 14.6. The average Bonchev–Trinajstić information content (AvgIpc) is 3.35. The van der Waals surface area contributed by atoms with E-state index >= 15 is 0 Å². The molecule has 0 spiro atoms. The highest BCUT2D eigenvalue weighted by Crippen LogP contribution is 2.45. The number of hydrogen-bond donors (Lipinski definition) is 1. The summed E-state index contributed by atoms with van der Waals surface area (Å²) < 4.78 is 2.04. The zero-order valence-electron chi connectivity index (χ0n) is 13.8. The third kappa shape index (κ3) is 2.83. The molecule has 1 saturated carbocycles. The van der Waals surface area contributed by atoms with Crippen molar-refractivity contribution in [2.24, 2.45) is 0 Å². The van der Waals surface area contributed by atoms with Crippen molar-refractivity contribution in [2.75, 3.05) is 5.75 Å². The summed E-state index contributed by atoms with van der Waals surface area (Å²) in [7, 11) is 0. The van der Waals surface area contributed by atoms with Crippen molar-refractivity contribution < 1.29 is 9.90 Å². The molecule has 0 unspecified atom stereocenters. The average molecular weight is 343 g/mol. The first-order valence-corrected chi connectivity index (χ1v) is 9.55. The van der Waals surface area contributed by atoms with E-state index in [-0.39, 0.29) is 5.75 Å². The minimum Gasteiger partial charge on any atom is -0.481 e. The molecular weight excluding hydrogens is 322 g/mol. The Morgan fingerprint density at radius 3 is 2.71 bits per heavy atom. The number of aromatic nitrogens is 3. The number of benzene rings is 1. The van der Waals surface area contributed by atoms with Crippen molar-refractivity contribution in [1.29, 1.82) is 0 Å². The summed E-state index contributed by atoms with van der Waals surface area (Å²) in [5, 5.41) is 18.0. The summed E-state index contributed by atoms with van der Waals surface area (Å²) in [5.41, 5.74) is 5.64. The van der Waals surface area contributed by atoms with Gasteiger partial charge >= 0.3 is 5.97 Å². The number of carboxylic acids is 1. The third-order valence-corrected chi connectivity index (χ3v) is 5.84. The maximum atomic E-state index is 10.9. The maximum absolute atomic E-state index is 10.9. The molecule has 2 aromatic rings. The summed E-state index contributed by atoms with van der Waals surface area (Å²) in [6.45, 7) is 1.93. The summed E-state index contributed by atoms with van der Waals surface area (Å²) in [6, 6.07) is 4.47. The molecule has 2 aliphatic carbocycles.